The molecule has 15 heteroatoms. The molecule has 0 radical (unpaired) electrons. The average Bonchev–Trinajstić information content (AvgIpc) is 3.23. The summed E-state index contributed by atoms with van der Waals surface area (Å²) < 4.78 is 28.5. The number of carbonyl (C=O) groups is 1. The molecule has 2 aromatic rings. The van der Waals surface area contributed by atoms with Crippen molar-refractivity contribution in [2.75, 3.05) is 25.6 Å². The maximum absolute atomic E-state index is 11.8. The van der Waals surface area contributed by atoms with Gasteiger partial charge in [0.15, 0.2) is 23.2 Å². The van der Waals surface area contributed by atoms with Crippen LogP contribution in [-0.2, 0) is 23.6 Å². The highest BCUT2D eigenvalue weighted by atomic mass is 35.5. The monoisotopic (exact) mass is 465 g/mol. The van der Waals surface area contributed by atoms with Crippen LogP contribution < -0.4 is 5.32 Å². The highest BCUT2D eigenvalue weighted by Crippen LogP contribution is 2.43. The Balaban J connectivity index is 1.75. The zero-order chi connectivity index (χ0) is 22.1. The standard InChI is InChI=1S/C15H21ClN5O8P/c1-3-27-13(23)14(30(24,25)26)28-5-7-4-8(22)12(29-7)21-6-18-9-10(17-2)19-15(16)20-11(9)21/h6-8,12,14,22H,3-5H2,1-2H3,(H,17,19,20)(H2,24,25,26). The zero-order valence-corrected chi connectivity index (χ0v) is 17.7. The number of nitrogens with zero attached hydrogens (tertiary/aromatic N) is 4. The molecule has 1 aliphatic heterocycles. The summed E-state index contributed by atoms with van der Waals surface area (Å²) in [7, 11) is -3.27. The van der Waals surface area contributed by atoms with E-state index in [1.165, 1.54) is 17.8 Å². The number of hydrogen-bond donors (Lipinski definition) is 4. The molecule has 3 rings (SSSR count). The molecule has 30 heavy (non-hydrogen) atoms. The van der Waals surface area contributed by atoms with E-state index in [4.69, 9.17) is 21.1 Å². The van der Waals surface area contributed by atoms with Gasteiger partial charge in [-0.15, -0.1) is 0 Å². The van der Waals surface area contributed by atoms with Crippen LogP contribution in [0.25, 0.3) is 11.2 Å². The molecule has 4 atom stereocenters. The van der Waals surface area contributed by atoms with Crippen LogP contribution in [0.1, 0.15) is 19.6 Å². The minimum Gasteiger partial charge on any atom is -0.464 e. The molecule has 0 aliphatic carbocycles. The molecule has 0 aromatic carbocycles. The highest BCUT2D eigenvalue weighted by molar-refractivity contribution is 7.53. The summed E-state index contributed by atoms with van der Waals surface area (Å²) in [4.78, 5) is 42.8. The first-order valence-electron chi connectivity index (χ1n) is 8.90. The average molecular weight is 466 g/mol. The van der Waals surface area contributed by atoms with Crippen LogP contribution in [0.3, 0.4) is 0 Å². The van der Waals surface area contributed by atoms with E-state index in [1.807, 2.05) is 0 Å². The van der Waals surface area contributed by atoms with Gasteiger partial charge in [0, 0.05) is 13.5 Å². The molecule has 0 amide bonds. The molecular weight excluding hydrogens is 445 g/mol. The van der Waals surface area contributed by atoms with Gasteiger partial charge in [-0.25, -0.2) is 9.78 Å². The zero-order valence-electron chi connectivity index (χ0n) is 16.0. The maximum atomic E-state index is 11.8. The van der Waals surface area contributed by atoms with Crippen molar-refractivity contribution < 1.29 is 38.5 Å². The molecule has 1 aliphatic rings. The largest absolute Gasteiger partial charge is 0.464 e. The van der Waals surface area contributed by atoms with E-state index in [-0.39, 0.29) is 24.9 Å². The van der Waals surface area contributed by atoms with Gasteiger partial charge >= 0.3 is 13.6 Å². The second kappa shape index (κ2) is 9.10. The van der Waals surface area contributed by atoms with Gasteiger partial charge in [-0.1, -0.05) is 0 Å². The fourth-order valence-corrected chi connectivity index (χ4v) is 3.85. The minimum atomic E-state index is -4.91. The molecule has 0 saturated carbocycles. The number of ether oxygens (including phenoxy) is 3. The number of hydrogen-bond acceptors (Lipinski definition) is 10. The van der Waals surface area contributed by atoms with Gasteiger partial charge < -0.3 is 34.4 Å². The highest BCUT2D eigenvalue weighted by Gasteiger charge is 2.41. The first-order chi connectivity index (χ1) is 14.2. The molecule has 1 fully saturated rings. The van der Waals surface area contributed by atoms with Gasteiger partial charge in [0.05, 0.1) is 25.6 Å². The van der Waals surface area contributed by atoms with E-state index in [9.17, 15) is 24.3 Å². The summed E-state index contributed by atoms with van der Waals surface area (Å²) in [6.07, 6.45) is -1.18. The smallest absolute Gasteiger partial charge is 0.365 e. The van der Waals surface area contributed by atoms with Crippen LogP contribution in [0.4, 0.5) is 5.82 Å². The number of aliphatic hydroxyl groups excluding tert-OH is 1. The van der Waals surface area contributed by atoms with Gasteiger partial charge in [-0.3, -0.25) is 9.13 Å². The number of rotatable bonds is 8. The van der Waals surface area contributed by atoms with Crippen molar-refractivity contribution >= 4 is 42.1 Å². The topological polar surface area (TPSA) is 178 Å². The molecule has 166 valence electrons. The van der Waals surface area contributed by atoms with E-state index >= 15 is 0 Å². The lowest BCUT2D eigenvalue weighted by atomic mass is 10.2. The summed E-state index contributed by atoms with van der Waals surface area (Å²) in [5, 5.41) is 13.3. The number of aliphatic hydroxyl groups is 1. The van der Waals surface area contributed by atoms with Crippen molar-refractivity contribution in [3.05, 3.63) is 11.6 Å². The van der Waals surface area contributed by atoms with Crippen LogP contribution in [0.15, 0.2) is 6.33 Å². The summed E-state index contributed by atoms with van der Waals surface area (Å²) in [5.41, 5.74) is 0.742. The Labute approximate surface area is 175 Å². The predicted octanol–water partition coefficient (Wildman–Crippen LogP) is 0.253. The Morgan fingerprint density at radius 2 is 2.23 bits per heavy atom. The minimum absolute atomic E-state index is 0.0279. The van der Waals surface area contributed by atoms with E-state index in [2.05, 4.69) is 25.0 Å². The van der Waals surface area contributed by atoms with Crippen LogP contribution in [0.5, 0.6) is 0 Å². The van der Waals surface area contributed by atoms with Crippen molar-refractivity contribution in [2.45, 2.75) is 37.6 Å². The third kappa shape index (κ3) is 4.72. The number of nitrogens with one attached hydrogen (secondary N) is 1. The summed E-state index contributed by atoms with van der Waals surface area (Å²) in [6, 6.07) is 0. The van der Waals surface area contributed by atoms with Crippen molar-refractivity contribution in [1.82, 2.24) is 19.5 Å². The molecule has 0 spiro atoms. The molecule has 4 N–H and O–H groups in total. The predicted molar refractivity (Wildman–Crippen MR) is 103 cm³/mol. The number of imidazole rings is 1. The Morgan fingerprint density at radius 3 is 2.87 bits per heavy atom. The van der Waals surface area contributed by atoms with Crippen LogP contribution in [0.2, 0.25) is 5.28 Å². The summed E-state index contributed by atoms with van der Waals surface area (Å²) >= 11 is 5.94. The van der Waals surface area contributed by atoms with E-state index in [0.29, 0.717) is 17.0 Å². The lowest BCUT2D eigenvalue weighted by Gasteiger charge is -2.20. The number of halogens is 1. The van der Waals surface area contributed by atoms with Gasteiger partial charge in [-0.05, 0) is 18.5 Å². The van der Waals surface area contributed by atoms with Crippen molar-refractivity contribution in [3.63, 3.8) is 0 Å². The van der Waals surface area contributed by atoms with Crippen LogP contribution in [-0.4, -0.2) is 78.7 Å². The second-order valence-electron chi connectivity index (χ2n) is 6.39. The van der Waals surface area contributed by atoms with E-state index in [1.54, 1.807) is 7.05 Å². The number of carbonyl (C=O) groups excluding carboxylic acids is 1. The van der Waals surface area contributed by atoms with Crippen LogP contribution >= 0.6 is 19.2 Å². The van der Waals surface area contributed by atoms with Crippen LogP contribution in [0, 0.1) is 0 Å². The number of fused-ring (bicyclic) bond motifs is 1. The third-order valence-corrected chi connectivity index (χ3v) is 5.44. The number of esters is 1. The first-order valence-corrected chi connectivity index (χ1v) is 11.0. The second-order valence-corrected chi connectivity index (χ2v) is 8.38. The lowest BCUT2D eigenvalue weighted by molar-refractivity contribution is -0.154. The SMILES string of the molecule is CCOC(=O)C(OCC1CC(O)C(n2cnc3c(NC)nc(Cl)nc32)O1)P(=O)(O)O. The molecule has 1 saturated heterocycles. The number of anilines is 1. The lowest BCUT2D eigenvalue weighted by Crippen LogP contribution is -2.30. The Bertz CT molecular complexity index is 968. The maximum Gasteiger partial charge on any atom is 0.365 e. The fourth-order valence-electron chi connectivity index (χ4n) is 3.05. The van der Waals surface area contributed by atoms with Crippen molar-refractivity contribution in [2.24, 2.45) is 0 Å². The quantitative estimate of drug-likeness (QED) is 0.237. The number of aromatic nitrogens is 4. The molecule has 13 nitrogen and oxygen atoms in total. The summed E-state index contributed by atoms with van der Waals surface area (Å²) in [6.45, 7) is 1.08. The first kappa shape index (κ1) is 22.8. The van der Waals surface area contributed by atoms with Crippen molar-refractivity contribution in [1.29, 1.82) is 0 Å². The Kier molecular flexibility index (Phi) is 6.92. The Hall–Kier alpha value is -1.86. The Morgan fingerprint density at radius 1 is 1.50 bits per heavy atom. The van der Waals surface area contributed by atoms with E-state index < -0.39 is 37.8 Å². The van der Waals surface area contributed by atoms with Gasteiger partial charge in [0.25, 0.3) is 5.85 Å². The van der Waals surface area contributed by atoms with E-state index in [0.717, 1.165) is 0 Å². The van der Waals surface area contributed by atoms with Gasteiger partial charge in [-0.2, -0.15) is 9.97 Å². The van der Waals surface area contributed by atoms with Crippen molar-refractivity contribution in [3.8, 4) is 0 Å². The molecule has 2 aromatic heterocycles. The van der Waals surface area contributed by atoms with Gasteiger partial charge in [0.2, 0.25) is 5.28 Å². The van der Waals surface area contributed by atoms with Gasteiger partial charge in [0.1, 0.15) is 6.10 Å². The normalized spacial score (nSPS) is 22.9. The molecule has 0 bridgehead atoms. The third-order valence-electron chi connectivity index (χ3n) is 4.30. The summed E-state index contributed by atoms with van der Waals surface area (Å²) in [5.74, 6) is -2.85. The molecule has 4 unspecified atom stereocenters. The fraction of sp³-hybridized carbons (Fsp3) is 0.600. The molecule has 3 heterocycles. The molecular formula is C15H21ClN5O8P.